The predicted octanol–water partition coefficient (Wildman–Crippen LogP) is 1.08. The molecule has 0 spiro atoms. The van der Waals surface area contributed by atoms with Gasteiger partial charge in [-0.1, -0.05) is 6.92 Å². The van der Waals surface area contributed by atoms with Gasteiger partial charge < -0.3 is 16.0 Å². The van der Waals surface area contributed by atoms with Gasteiger partial charge in [-0.25, -0.2) is 0 Å². The van der Waals surface area contributed by atoms with E-state index in [0.717, 1.165) is 17.8 Å². The molecule has 6 heteroatoms. The number of hydrogen-bond donors (Lipinski definition) is 3. The highest BCUT2D eigenvalue weighted by Crippen LogP contribution is 2.14. The van der Waals surface area contributed by atoms with Crippen LogP contribution < -0.4 is 16.0 Å². The fourth-order valence-corrected chi connectivity index (χ4v) is 1.69. The molecule has 1 heterocycles. The molecular weight excluding hydrogens is 256 g/mol. The van der Waals surface area contributed by atoms with Crippen LogP contribution in [0.25, 0.3) is 0 Å². The summed E-state index contributed by atoms with van der Waals surface area (Å²) in [7, 11) is 1.75. The number of aromatic nitrogens is 1. The van der Waals surface area contributed by atoms with Crippen molar-refractivity contribution in [1.29, 1.82) is 0 Å². The second-order valence-electron chi connectivity index (χ2n) is 4.48. The molecule has 3 N–H and O–H groups in total. The molecule has 0 aliphatic carbocycles. The van der Waals surface area contributed by atoms with Gasteiger partial charge >= 0.3 is 0 Å². The van der Waals surface area contributed by atoms with E-state index in [4.69, 9.17) is 0 Å². The predicted molar refractivity (Wildman–Crippen MR) is 78.8 cm³/mol. The largest absolute Gasteiger partial charge is 0.387 e. The molecule has 0 saturated carbocycles. The zero-order chi connectivity index (χ0) is 15.0. The summed E-state index contributed by atoms with van der Waals surface area (Å²) in [4.78, 5) is 27.5. The highest BCUT2D eigenvalue weighted by Gasteiger charge is 2.11. The van der Waals surface area contributed by atoms with Gasteiger partial charge in [0.25, 0.3) is 5.91 Å². The smallest absolute Gasteiger partial charge is 0.254 e. The van der Waals surface area contributed by atoms with Crippen molar-refractivity contribution in [2.24, 2.45) is 0 Å². The van der Waals surface area contributed by atoms with Crippen molar-refractivity contribution in [2.45, 2.75) is 26.7 Å². The van der Waals surface area contributed by atoms with Gasteiger partial charge in [0.15, 0.2) is 0 Å². The van der Waals surface area contributed by atoms with Gasteiger partial charge in [-0.2, -0.15) is 0 Å². The van der Waals surface area contributed by atoms with E-state index in [9.17, 15) is 9.59 Å². The van der Waals surface area contributed by atoms with Crippen LogP contribution in [-0.4, -0.2) is 36.9 Å². The first kappa shape index (κ1) is 15.9. The number of rotatable bonds is 7. The molecule has 0 aliphatic rings. The van der Waals surface area contributed by atoms with Crippen LogP contribution in [0.5, 0.6) is 0 Å². The van der Waals surface area contributed by atoms with Crippen LogP contribution in [-0.2, 0) is 4.79 Å². The minimum absolute atomic E-state index is 0.0528. The molecular formula is C14H22N4O2. The number of amides is 2. The van der Waals surface area contributed by atoms with E-state index in [2.05, 4.69) is 20.9 Å². The lowest BCUT2D eigenvalue weighted by atomic mass is 10.2. The van der Waals surface area contributed by atoms with E-state index in [-0.39, 0.29) is 18.2 Å². The number of nitrogens with one attached hydrogen (secondary N) is 3. The third-order valence-electron chi connectivity index (χ3n) is 2.76. The van der Waals surface area contributed by atoms with E-state index >= 15 is 0 Å². The van der Waals surface area contributed by atoms with Crippen LogP contribution in [0, 0.1) is 6.92 Å². The Morgan fingerprint density at radius 2 is 2.00 bits per heavy atom. The van der Waals surface area contributed by atoms with Crippen molar-refractivity contribution in [1.82, 2.24) is 15.6 Å². The quantitative estimate of drug-likeness (QED) is 0.697. The molecule has 2 amide bonds. The van der Waals surface area contributed by atoms with E-state index in [1.54, 1.807) is 7.05 Å². The molecule has 0 unspecified atom stereocenters. The van der Waals surface area contributed by atoms with Crippen molar-refractivity contribution in [3.8, 4) is 0 Å². The van der Waals surface area contributed by atoms with Crippen LogP contribution >= 0.6 is 0 Å². The molecule has 6 nitrogen and oxygen atoms in total. The highest BCUT2D eigenvalue weighted by atomic mass is 16.2. The summed E-state index contributed by atoms with van der Waals surface area (Å²) < 4.78 is 0. The Balaban J connectivity index is 2.49. The molecule has 1 aromatic rings. The van der Waals surface area contributed by atoms with Crippen LogP contribution in [0.2, 0.25) is 0 Å². The molecule has 0 atom stereocenters. The molecule has 0 aliphatic heterocycles. The zero-order valence-electron chi connectivity index (χ0n) is 12.2. The van der Waals surface area contributed by atoms with Crippen LogP contribution in [0.4, 0.5) is 5.69 Å². The Kier molecular flexibility index (Phi) is 6.49. The van der Waals surface area contributed by atoms with E-state index < -0.39 is 0 Å². The first-order valence-corrected chi connectivity index (χ1v) is 6.77. The molecule has 0 saturated heterocycles. The number of pyridine rings is 1. The summed E-state index contributed by atoms with van der Waals surface area (Å²) in [5.41, 5.74) is 2.04. The molecule has 1 rings (SSSR count). The average molecular weight is 278 g/mol. The van der Waals surface area contributed by atoms with Crippen molar-refractivity contribution in [2.75, 3.05) is 25.5 Å². The number of carbonyl (C=O) groups is 2. The maximum Gasteiger partial charge on any atom is 0.254 e. The Morgan fingerprint density at radius 3 is 2.65 bits per heavy atom. The third kappa shape index (κ3) is 4.87. The number of anilines is 1. The highest BCUT2D eigenvalue weighted by molar-refractivity contribution is 5.99. The summed E-state index contributed by atoms with van der Waals surface area (Å²) in [6.45, 7) is 4.83. The lowest BCUT2D eigenvalue weighted by Gasteiger charge is -2.10. The van der Waals surface area contributed by atoms with E-state index in [1.165, 1.54) is 6.20 Å². The average Bonchev–Trinajstić information content (AvgIpc) is 2.44. The Labute approximate surface area is 119 Å². The van der Waals surface area contributed by atoms with Gasteiger partial charge in [0.1, 0.15) is 0 Å². The molecule has 0 fully saturated rings. The SMILES string of the molecule is CCCNC(=O)CCNC(=O)c1cnc(C)cc1NC. The Morgan fingerprint density at radius 1 is 1.25 bits per heavy atom. The molecule has 0 radical (unpaired) electrons. The van der Waals surface area contributed by atoms with Crippen molar-refractivity contribution >= 4 is 17.5 Å². The van der Waals surface area contributed by atoms with Gasteiger partial charge in [-0.05, 0) is 19.4 Å². The second-order valence-corrected chi connectivity index (χ2v) is 4.48. The van der Waals surface area contributed by atoms with Crippen molar-refractivity contribution in [3.05, 3.63) is 23.5 Å². The fourth-order valence-electron chi connectivity index (χ4n) is 1.69. The number of nitrogens with zero attached hydrogens (tertiary/aromatic N) is 1. The van der Waals surface area contributed by atoms with Gasteiger partial charge in [0.05, 0.1) is 11.3 Å². The fraction of sp³-hybridized carbons (Fsp3) is 0.500. The lowest BCUT2D eigenvalue weighted by Crippen LogP contribution is -2.31. The molecule has 1 aromatic heterocycles. The second kappa shape index (κ2) is 8.14. The minimum atomic E-state index is -0.231. The summed E-state index contributed by atoms with van der Waals surface area (Å²) in [6, 6.07) is 1.81. The number of hydrogen-bond acceptors (Lipinski definition) is 4. The van der Waals surface area contributed by atoms with Gasteiger partial charge in [0.2, 0.25) is 5.91 Å². The number of carbonyl (C=O) groups excluding carboxylic acids is 2. The van der Waals surface area contributed by atoms with Crippen molar-refractivity contribution in [3.63, 3.8) is 0 Å². The first-order valence-electron chi connectivity index (χ1n) is 6.77. The van der Waals surface area contributed by atoms with E-state index in [1.807, 2.05) is 19.9 Å². The Hall–Kier alpha value is -2.11. The third-order valence-corrected chi connectivity index (χ3v) is 2.76. The topological polar surface area (TPSA) is 83.1 Å². The standard InChI is InChI=1S/C14H22N4O2/c1-4-6-16-13(19)5-7-17-14(20)11-9-18-10(2)8-12(11)15-3/h8-9H,4-7H2,1-3H3,(H,15,18)(H,16,19)(H,17,20). The van der Waals surface area contributed by atoms with Crippen molar-refractivity contribution < 1.29 is 9.59 Å². The van der Waals surface area contributed by atoms with Gasteiger partial charge in [-0.3, -0.25) is 14.6 Å². The molecule has 110 valence electrons. The summed E-state index contributed by atoms with van der Waals surface area (Å²) in [5.74, 6) is -0.284. The van der Waals surface area contributed by atoms with Gasteiger partial charge in [-0.15, -0.1) is 0 Å². The summed E-state index contributed by atoms with van der Waals surface area (Å²) in [5, 5.41) is 8.45. The van der Waals surface area contributed by atoms with Crippen LogP contribution in [0.1, 0.15) is 35.8 Å². The zero-order valence-corrected chi connectivity index (χ0v) is 12.2. The minimum Gasteiger partial charge on any atom is -0.387 e. The van der Waals surface area contributed by atoms with Gasteiger partial charge in [0, 0.05) is 38.4 Å². The maximum atomic E-state index is 12.0. The normalized spacial score (nSPS) is 9.95. The first-order chi connectivity index (χ1) is 9.58. The van der Waals surface area contributed by atoms with E-state index in [0.29, 0.717) is 18.7 Å². The van der Waals surface area contributed by atoms with Crippen LogP contribution in [0.15, 0.2) is 12.3 Å². The molecule has 0 aromatic carbocycles. The molecule has 20 heavy (non-hydrogen) atoms. The Bertz CT molecular complexity index is 474. The lowest BCUT2D eigenvalue weighted by molar-refractivity contribution is -0.120. The van der Waals surface area contributed by atoms with Crippen LogP contribution in [0.3, 0.4) is 0 Å². The monoisotopic (exact) mass is 278 g/mol. The number of aryl methyl sites for hydroxylation is 1. The summed E-state index contributed by atoms with van der Waals surface area (Å²) in [6.07, 6.45) is 2.71. The summed E-state index contributed by atoms with van der Waals surface area (Å²) >= 11 is 0. The maximum absolute atomic E-state index is 12.0. The molecule has 0 bridgehead atoms.